The number of fused-ring (bicyclic) bond motifs is 1. The Bertz CT molecular complexity index is 395. The molecule has 0 bridgehead atoms. The molecule has 4 nitrogen and oxygen atoms in total. The summed E-state index contributed by atoms with van der Waals surface area (Å²) >= 11 is 0. The van der Waals surface area contributed by atoms with Gasteiger partial charge in [0.05, 0.1) is 6.42 Å². The SMILES string of the molecule is CCc1c(N)oc2c1C(CC(=O)O)CC2. The van der Waals surface area contributed by atoms with Crippen molar-refractivity contribution in [3.63, 3.8) is 0 Å². The fourth-order valence-electron chi connectivity index (χ4n) is 2.44. The molecular formula is C11H15NO3. The number of nitrogens with two attached hydrogens (primary N) is 1. The minimum Gasteiger partial charge on any atom is -0.481 e. The van der Waals surface area contributed by atoms with Gasteiger partial charge in [-0.15, -0.1) is 0 Å². The molecule has 1 aromatic heterocycles. The Morgan fingerprint density at radius 3 is 3.00 bits per heavy atom. The highest BCUT2D eigenvalue weighted by Gasteiger charge is 2.31. The number of nitrogen functional groups attached to an aromatic ring is 1. The highest BCUT2D eigenvalue weighted by molar-refractivity contribution is 5.69. The Balaban J connectivity index is 2.35. The van der Waals surface area contributed by atoms with Gasteiger partial charge >= 0.3 is 5.97 Å². The second kappa shape index (κ2) is 3.61. The van der Waals surface area contributed by atoms with Crippen molar-refractivity contribution in [2.45, 2.75) is 38.5 Å². The number of aliphatic carboxylic acids is 1. The van der Waals surface area contributed by atoms with Gasteiger partial charge in [0, 0.05) is 17.5 Å². The Labute approximate surface area is 88.1 Å². The number of anilines is 1. The largest absolute Gasteiger partial charge is 0.481 e. The minimum atomic E-state index is -0.755. The third-order valence-electron chi connectivity index (χ3n) is 3.06. The van der Waals surface area contributed by atoms with E-state index in [1.54, 1.807) is 0 Å². The zero-order valence-electron chi connectivity index (χ0n) is 8.75. The lowest BCUT2D eigenvalue weighted by Gasteiger charge is -2.08. The molecule has 0 aromatic carbocycles. The van der Waals surface area contributed by atoms with Crippen molar-refractivity contribution in [1.82, 2.24) is 0 Å². The molecular weight excluding hydrogens is 194 g/mol. The van der Waals surface area contributed by atoms with Crippen LogP contribution in [-0.2, 0) is 17.6 Å². The molecule has 4 heteroatoms. The molecule has 1 atom stereocenters. The number of furan rings is 1. The highest BCUT2D eigenvalue weighted by Crippen LogP contribution is 2.42. The number of rotatable bonds is 3. The van der Waals surface area contributed by atoms with Gasteiger partial charge in [0.15, 0.2) is 5.88 Å². The molecule has 0 radical (unpaired) electrons. The average molecular weight is 209 g/mol. The van der Waals surface area contributed by atoms with Crippen LogP contribution in [0.4, 0.5) is 5.88 Å². The van der Waals surface area contributed by atoms with Gasteiger partial charge in [-0.25, -0.2) is 0 Å². The van der Waals surface area contributed by atoms with E-state index in [0.29, 0.717) is 5.88 Å². The van der Waals surface area contributed by atoms with Gasteiger partial charge in [-0.2, -0.15) is 0 Å². The van der Waals surface area contributed by atoms with Crippen molar-refractivity contribution in [3.05, 3.63) is 16.9 Å². The minimum absolute atomic E-state index is 0.0912. The van der Waals surface area contributed by atoms with Gasteiger partial charge in [-0.1, -0.05) is 6.92 Å². The van der Waals surface area contributed by atoms with Crippen LogP contribution in [0.15, 0.2) is 4.42 Å². The molecule has 0 spiro atoms. The van der Waals surface area contributed by atoms with Crippen molar-refractivity contribution >= 4 is 11.9 Å². The molecule has 15 heavy (non-hydrogen) atoms. The van der Waals surface area contributed by atoms with Crippen molar-refractivity contribution in [2.24, 2.45) is 0 Å². The number of carboxylic acids is 1. The van der Waals surface area contributed by atoms with Crippen LogP contribution in [0.25, 0.3) is 0 Å². The zero-order chi connectivity index (χ0) is 11.0. The van der Waals surface area contributed by atoms with Gasteiger partial charge in [0.25, 0.3) is 0 Å². The summed E-state index contributed by atoms with van der Waals surface area (Å²) < 4.78 is 5.44. The molecule has 0 fully saturated rings. The quantitative estimate of drug-likeness (QED) is 0.797. The number of aryl methyl sites for hydroxylation is 1. The number of hydrogen-bond donors (Lipinski definition) is 2. The summed E-state index contributed by atoms with van der Waals surface area (Å²) in [5.41, 5.74) is 7.82. The fourth-order valence-corrected chi connectivity index (χ4v) is 2.44. The van der Waals surface area contributed by atoms with Gasteiger partial charge in [-0.05, 0) is 18.8 Å². The van der Waals surface area contributed by atoms with Crippen LogP contribution in [0.5, 0.6) is 0 Å². The molecule has 0 amide bonds. The van der Waals surface area contributed by atoms with Crippen LogP contribution < -0.4 is 5.73 Å². The Hall–Kier alpha value is -1.45. The maximum absolute atomic E-state index is 10.7. The summed E-state index contributed by atoms with van der Waals surface area (Å²) in [4.78, 5) is 10.7. The first-order valence-corrected chi connectivity index (χ1v) is 5.25. The lowest BCUT2D eigenvalue weighted by atomic mass is 9.95. The molecule has 2 rings (SSSR count). The van der Waals surface area contributed by atoms with Crippen LogP contribution in [0.1, 0.15) is 42.6 Å². The van der Waals surface area contributed by atoms with E-state index in [9.17, 15) is 4.79 Å². The van der Waals surface area contributed by atoms with Crippen LogP contribution in [0.3, 0.4) is 0 Å². The van der Waals surface area contributed by atoms with E-state index < -0.39 is 5.97 Å². The first-order chi connectivity index (χ1) is 7.13. The first-order valence-electron chi connectivity index (χ1n) is 5.25. The molecule has 1 heterocycles. The van der Waals surface area contributed by atoms with Gasteiger partial charge in [0.1, 0.15) is 5.76 Å². The van der Waals surface area contributed by atoms with Gasteiger partial charge in [0.2, 0.25) is 0 Å². The molecule has 1 aliphatic carbocycles. The lowest BCUT2D eigenvalue weighted by molar-refractivity contribution is -0.137. The normalized spacial score (nSPS) is 19.1. The van der Waals surface area contributed by atoms with E-state index >= 15 is 0 Å². The second-order valence-corrected chi connectivity index (χ2v) is 3.97. The van der Waals surface area contributed by atoms with Crippen LogP contribution >= 0.6 is 0 Å². The summed E-state index contributed by atoms with van der Waals surface area (Å²) in [5.74, 6) is 0.705. The lowest BCUT2D eigenvalue weighted by Crippen LogP contribution is -2.05. The van der Waals surface area contributed by atoms with E-state index in [-0.39, 0.29) is 12.3 Å². The van der Waals surface area contributed by atoms with E-state index in [2.05, 4.69) is 0 Å². The topological polar surface area (TPSA) is 76.5 Å². The molecule has 0 aliphatic heterocycles. The van der Waals surface area contributed by atoms with Gasteiger partial charge < -0.3 is 15.3 Å². The Morgan fingerprint density at radius 2 is 2.40 bits per heavy atom. The monoisotopic (exact) mass is 209 g/mol. The summed E-state index contributed by atoms with van der Waals surface area (Å²) in [7, 11) is 0. The van der Waals surface area contributed by atoms with E-state index in [0.717, 1.165) is 36.1 Å². The number of carbonyl (C=O) groups is 1. The molecule has 1 aromatic rings. The number of hydrogen-bond acceptors (Lipinski definition) is 3. The molecule has 3 N–H and O–H groups in total. The van der Waals surface area contributed by atoms with Crippen LogP contribution in [0, 0.1) is 0 Å². The average Bonchev–Trinajstić information content (AvgIpc) is 2.65. The van der Waals surface area contributed by atoms with E-state index in [1.165, 1.54) is 0 Å². The third kappa shape index (κ3) is 1.60. The van der Waals surface area contributed by atoms with Gasteiger partial charge in [-0.3, -0.25) is 4.79 Å². The molecule has 1 aliphatic rings. The second-order valence-electron chi connectivity index (χ2n) is 3.97. The van der Waals surface area contributed by atoms with Crippen molar-refractivity contribution in [2.75, 3.05) is 5.73 Å². The highest BCUT2D eigenvalue weighted by atomic mass is 16.4. The summed E-state index contributed by atoms with van der Waals surface area (Å²) in [6.45, 7) is 2.01. The van der Waals surface area contributed by atoms with Crippen LogP contribution in [-0.4, -0.2) is 11.1 Å². The summed E-state index contributed by atoms with van der Waals surface area (Å²) in [5, 5.41) is 8.81. The predicted molar refractivity (Wildman–Crippen MR) is 55.8 cm³/mol. The third-order valence-corrected chi connectivity index (χ3v) is 3.06. The molecule has 0 saturated heterocycles. The van der Waals surface area contributed by atoms with E-state index in [1.807, 2.05) is 6.92 Å². The maximum atomic E-state index is 10.7. The van der Waals surface area contributed by atoms with Crippen molar-refractivity contribution in [3.8, 4) is 0 Å². The summed E-state index contributed by atoms with van der Waals surface area (Å²) in [6, 6.07) is 0. The molecule has 0 saturated carbocycles. The standard InChI is InChI=1S/C11H15NO3/c1-2-7-10-6(5-9(13)14)3-4-8(10)15-11(7)12/h6H,2-5,12H2,1H3,(H,13,14). The zero-order valence-corrected chi connectivity index (χ0v) is 8.75. The molecule has 82 valence electrons. The summed E-state index contributed by atoms with van der Waals surface area (Å²) in [6.07, 6.45) is 2.67. The van der Waals surface area contributed by atoms with Crippen molar-refractivity contribution in [1.29, 1.82) is 0 Å². The van der Waals surface area contributed by atoms with E-state index in [4.69, 9.17) is 15.3 Å². The molecule has 1 unspecified atom stereocenters. The maximum Gasteiger partial charge on any atom is 0.303 e. The Kier molecular flexibility index (Phi) is 2.42. The number of carboxylic acid groups (broad SMARTS) is 1. The Morgan fingerprint density at radius 1 is 1.67 bits per heavy atom. The first kappa shape index (κ1) is 10.1. The van der Waals surface area contributed by atoms with Crippen molar-refractivity contribution < 1.29 is 14.3 Å². The predicted octanol–water partition coefficient (Wildman–Crippen LogP) is 1.93. The fraction of sp³-hybridized carbons (Fsp3) is 0.545. The smallest absolute Gasteiger partial charge is 0.303 e. The van der Waals surface area contributed by atoms with Crippen LogP contribution in [0.2, 0.25) is 0 Å².